The average Bonchev–Trinajstić information content (AvgIpc) is 2.77. The van der Waals surface area contributed by atoms with E-state index in [1.165, 1.54) is 5.56 Å². The van der Waals surface area contributed by atoms with Gasteiger partial charge in [-0.15, -0.1) is 24.0 Å². The largest absolute Gasteiger partial charge is 0.492 e. The number of hydrogen-bond donors (Lipinski definition) is 2. The van der Waals surface area contributed by atoms with E-state index in [1.54, 1.807) is 0 Å². The van der Waals surface area contributed by atoms with Crippen molar-refractivity contribution < 1.29 is 4.74 Å². The predicted octanol–water partition coefficient (Wildman–Crippen LogP) is 2.89. The highest BCUT2D eigenvalue weighted by Gasteiger charge is 2.15. The second-order valence-corrected chi connectivity index (χ2v) is 7.60. The SMILES string of the molecule is CCNC(=NCc1ccnc(N2CCN(C)CC2)c1)NCCOc1ccc(C)cc1.I. The first kappa shape index (κ1) is 25.2. The van der Waals surface area contributed by atoms with E-state index in [1.807, 2.05) is 24.4 Å². The molecular weight excluding hydrogens is 503 g/mol. The summed E-state index contributed by atoms with van der Waals surface area (Å²) in [6, 6.07) is 12.3. The Balaban J connectivity index is 0.00000341. The van der Waals surface area contributed by atoms with E-state index in [9.17, 15) is 0 Å². The van der Waals surface area contributed by atoms with Crippen molar-refractivity contribution in [2.75, 3.05) is 57.8 Å². The number of benzene rings is 1. The van der Waals surface area contributed by atoms with Crippen LogP contribution in [0.4, 0.5) is 5.82 Å². The van der Waals surface area contributed by atoms with Gasteiger partial charge >= 0.3 is 0 Å². The molecule has 0 unspecified atom stereocenters. The molecule has 0 spiro atoms. The zero-order valence-corrected chi connectivity index (χ0v) is 21.1. The van der Waals surface area contributed by atoms with Crippen molar-refractivity contribution in [3.63, 3.8) is 0 Å². The molecule has 2 aromatic rings. The minimum Gasteiger partial charge on any atom is -0.492 e. The van der Waals surface area contributed by atoms with Gasteiger partial charge < -0.3 is 25.2 Å². The van der Waals surface area contributed by atoms with Crippen LogP contribution in [-0.2, 0) is 6.54 Å². The number of pyridine rings is 1. The second kappa shape index (κ2) is 13.4. The standard InChI is InChI=1S/C23H34N6O.HI/c1-4-24-23(26-11-16-30-21-7-5-19(2)6-8-21)27-18-20-9-10-25-22(17-20)29-14-12-28(3)13-15-29;/h5-10,17H,4,11-16,18H2,1-3H3,(H2,24,26,27);1H. The van der Waals surface area contributed by atoms with Gasteiger partial charge in [-0.2, -0.15) is 0 Å². The van der Waals surface area contributed by atoms with Crippen molar-refractivity contribution in [1.29, 1.82) is 0 Å². The number of guanidine groups is 1. The molecule has 0 amide bonds. The lowest BCUT2D eigenvalue weighted by atomic mass is 10.2. The molecule has 7 nitrogen and oxygen atoms in total. The third-order valence-electron chi connectivity index (χ3n) is 5.09. The van der Waals surface area contributed by atoms with Crippen molar-refractivity contribution >= 4 is 35.8 Å². The van der Waals surface area contributed by atoms with Crippen molar-refractivity contribution in [2.45, 2.75) is 20.4 Å². The van der Waals surface area contributed by atoms with Gasteiger partial charge in [0.1, 0.15) is 18.2 Å². The summed E-state index contributed by atoms with van der Waals surface area (Å²) in [5.41, 5.74) is 2.39. The third-order valence-corrected chi connectivity index (χ3v) is 5.09. The number of rotatable bonds is 8. The number of aliphatic imine (C=N–C) groups is 1. The van der Waals surface area contributed by atoms with Crippen molar-refractivity contribution in [3.05, 3.63) is 53.7 Å². The molecule has 2 N–H and O–H groups in total. The topological polar surface area (TPSA) is 65.0 Å². The lowest BCUT2D eigenvalue weighted by Gasteiger charge is -2.33. The number of aromatic nitrogens is 1. The second-order valence-electron chi connectivity index (χ2n) is 7.60. The monoisotopic (exact) mass is 538 g/mol. The first-order valence-electron chi connectivity index (χ1n) is 10.7. The Labute approximate surface area is 203 Å². The molecule has 1 aliphatic rings. The van der Waals surface area contributed by atoms with E-state index >= 15 is 0 Å². The van der Waals surface area contributed by atoms with Crippen LogP contribution in [0.1, 0.15) is 18.1 Å². The fraction of sp³-hybridized carbons (Fsp3) is 0.478. The molecule has 0 bridgehead atoms. The molecule has 0 radical (unpaired) electrons. The van der Waals surface area contributed by atoms with Crippen LogP contribution in [0.5, 0.6) is 5.75 Å². The van der Waals surface area contributed by atoms with E-state index < -0.39 is 0 Å². The number of ether oxygens (including phenoxy) is 1. The van der Waals surface area contributed by atoms with Crippen molar-refractivity contribution in [1.82, 2.24) is 20.5 Å². The molecule has 0 aliphatic carbocycles. The highest BCUT2D eigenvalue weighted by molar-refractivity contribution is 14.0. The zero-order valence-electron chi connectivity index (χ0n) is 18.8. The molecule has 1 aliphatic heterocycles. The first-order valence-corrected chi connectivity index (χ1v) is 10.7. The smallest absolute Gasteiger partial charge is 0.191 e. The van der Waals surface area contributed by atoms with Crippen molar-refractivity contribution in [3.8, 4) is 5.75 Å². The van der Waals surface area contributed by atoms with Gasteiger partial charge in [-0.1, -0.05) is 17.7 Å². The summed E-state index contributed by atoms with van der Waals surface area (Å²) in [6.45, 7) is 11.0. The zero-order chi connectivity index (χ0) is 21.2. The molecule has 31 heavy (non-hydrogen) atoms. The summed E-state index contributed by atoms with van der Waals surface area (Å²) in [5.74, 6) is 2.72. The van der Waals surface area contributed by atoms with Crippen LogP contribution in [0.25, 0.3) is 0 Å². The van der Waals surface area contributed by atoms with Crippen molar-refractivity contribution in [2.24, 2.45) is 4.99 Å². The van der Waals surface area contributed by atoms with Gasteiger partial charge in [0.25, 0.3) is 0 Å². The normalized spacial score (nSPS) is 14.7. The quantitative estimate of drug-likeness (QED) is 0.233. The van der Waals surface area contributed by atoms with E-state index in [2.05, 4.69) is 64.5 Å². The highest BCUT2D eigenvalue weighted by atomic mass is 127. The Kier molecular flexibility index (Phi) is 10.9. The fourth-order valence-electron chi connectivity index (χ4n) is 3.25. The van der Waals surface area contributed by atoms with Gasteiger partial charge in [-0.3, -0.25) is 0 Å². The Bertz CT molecular complexity index is 806. The number of nitrogens with zero attached hydrogens (tertiary/aromatic N) is 4. The van der Waals surface area contributed by atoms with Gasteiger partial charge in [0.15, 0.2) is 5.96 Å². The van der Waals surface area contributed by atoms with Crippen LogP contribution in [0.2, 0.25) is 0 Å². The van der Waals surface area contributed by atoms with Crippen LogP contribution in [0.15, 0.2) is 47.6 Å². The predicted molar refractivity (Wildman–Crippen MR) is 139 cm³/mol. The van der Waals surface area contributed by atoms with Gasteiger partial charge in [0, 0.05) is 38.9 Å². The lowest BCUT2D eigenvalue weighted by molar-refractivity contribution is 0.312. The molecule has 1 saturated heterocycles. The summed E-state index contributed by atoms with van der Waals surface area (Å²) in [6.07, 6.45) is 1.88. The maximum atomic E-state index is 5.78. The van der Waals surface area contributed by atoms with E-state index in [0.717, 1.165) is 55.8 Å². The molecule has 1 aromatic heterocycles. The maximum absolute atomic E-state index is 5.78. The fourth-order valence-corrected chi connectivity index (χ4v) is 3.25. The van der Waals surface area contributed by atoms with Crippen LogP contribution in [0.3, 0.4) is 0 Å². The first-order chi connectivity index (χ1) is 14.6. The minimum absolute atomic E-state index is 0. The Morgan fingerprint density at radius 2 is 1.84 bits per heavy atom. The number of anilines is 1. The van der Waals surface area contributed by atoms with Crippen LogP contribution in [-0.4, -0.2) is 68.8 Å². The summed E-state index contributed by atoms with van der Waals surface area (Å²) in [5, 5.41) is 6.63. The molecule has 2 heterocycles. The van der Waals surface area contributed by atoms with Gasteiger partial charge in [-0.05, 0) is 50.7 Å². The van der Waals surface area contributed by atoms with Gasteiger partial charge in [-0.25, -0.2) is 9.98 Å². The molecule has 1 fully saturated rings. The van der Waals surface area contributed by atoms with Gasteiger partial charge in [0.05, 0.1) is 13.1 Å². The molecule has 3 rings (SSSR count). The summed E-state index contributed by atoms with van der Waals surface area (Å²) in [7, 11) is 2.16. The molecule has 0 saturated carbocycles. The third kappa shape index (κ3) is 8.53. The van der Waals surface area contributed by atoms with Crippen LogP contribution in [0, 0.1) is 6.92 Å². The van der Waals surface area contributed by atoms with E-state index in [-0.39, 0.29) is 24.0 Å². The number of halogens is 1. The van der Waals surface area contributed by atoms with Crippen LogP contribution >= 0.6 is 24.0 Å². The number of piperazine rings is 1. The number of likely N-dealkylation sites (N-methyl/N-ethyl adjacent to an activating group) is 1. The summed E-state index contributed by atoms with van der Waals surface area (Å²) >= 11 is 0. The van der Waals surface area contributed by atoms with E-state index in [4.69, 9.17) is 9.73 Å². The number of aryl methyl sites for hydroxylation is 1. The molecule has 1 aromatic carbocycles. The number of nitrogens with one attached hydrogen (secondary N) is 2. The highest BCUT2D eigenvalue weighted by Crippen LogP contribution is 2.15. The lowest BCUT2D eigenvalue weighted by Crippen LogP contribution is -2.44. The van der Waals surface area contributed by atoms with Crippen LogP contribution < -0.4 is 20.3 Å². The molecular formula is C23H35IN6O. The molecule has 0 atom stereocenters. The maximum Gasteiger partial charge on any atom is 0.191 e. The Hall–Kier alpha value is -2.07. The summed E-state index contributed by atoms with van der Waals surface area (Å²) in [4.78, 5) is 14.0. The Morgan fingerprint density at radius 3 is 2.55 bits per heavy atom. The average molecular weight is 538 g/mol. The Morgan fingerprint density at radius 1 is 1.10 bits per heavy atom. The summed E-state index contributed by atoms with van der Waals surface area (Å²) < 4.78 is 5.78. The minimum atomic E-state index is 0. The molecule has 8 heteroatoms. The number of hydrogen-bond acceptors (Lipinski definition) is 5. The molecule has 170 valence electrons. The van der Waals surface area contributed by atoms with Gasteiger partial charge in [0.2, 0.25) is 0 Å². The van der Waals surface area contributed by atoms with E-state index in [0.29, 0.717) is 19.7 Å².